The molecule has 14 heteroatoms. The third kappa shape index (κ3) is 7.10. The molecule has 2 aliphatic heterocycles. The molecule has 0 saturated carbocycles. The van der Waals surface area contributed by atoms with Crippen molar-refractivity contribution in [3.63, 3.8) is 0 Å². The van der Waals surface area contributed by atoms with Crippen LogP contribution in [0.3, 0.4) is 0 Å². The zero-order valence-corrected chi connectivity index (χ0v) is 21.3. The minimum atomic E-state index is -1.69. The summed E-state index contributed by atoms with van der Waals surface area (Å²) in [5.41, 5.74) is 6.09. The first-order valence-corrected chi connectivity index (χ1v) is 12.3. The summed E-state index contributed by atoms with van der Waals surface area (Å²) in [5, 5.41) is 60.4. The zero-order valence-electron chi connectivity index (χ0n) is 21.3. The molecule has 218 valence electrons. The predicted octanol–water partition coefficient (Wildman–Crippen LogP) is -2.90. The summed E-state index contributed by atoms with van der Waals surface area (Å²) in [5.74, 6) is -4.98. The molecule has 1 fully saturated rings. The number of carbonyl (C=O) groups is 3. The van der Waals surface area contributed by atoms with E-state index in [1.807, 2.05) is 0 Å². The van der Waals surface area contributed by atoms with Crippen LogP contribution in [-0.2, 0) is 28.6 Å². The van der Waals surface area contributed by atoms with Crippen molar-refractivity contribution in [2.45, 2.75) is 55.9 Å². The smallest absolute Gasteiger partial charge is 0.303 e. The Hall–Kier alpha value is -3.66. The molecule has 1 amide bonds. The number of pyridine rings is 1. The van der Waals surface area contributed by atoms with Gasteiger partial charge in [-0.25, -0.2) is 0 Å². The molecule has 3 rings (SSSR count). The topological polar surface area (TPSA) is 233 Å². The van der Waals surface area contributed by atoms with Crippen LogP contribution in [0.25, 0.3) is 6.08 Å². The summed E-state index contributed by atoms with van der Waals surface area (Å²) in [6, 6.07) is 1.97. The van der Waals surface area contributed by atoms with E-state index in [0.29, 0.717) is 5.56 Å². The molecule has 0 aromatic carbocycles. The second-order valence-corrected chi connectivity index (χ2v) is 9.32. The minimum Gasteiger partial charge on any atom is -0.543 e. The van der Waals surface area contributed by atoms with E-state index in [1.165, 1.54) is 23.0 Å². The fraction of sp³-hybridized carbons (Fsp3) is 0.462. The van der Waals surface area contributed by atoms with E-state index >= 15 is 0 Å². The van der Waals surface area contributed by atoms with Crippen LogP contribution in [0.1, 0.15) is 24.4 Å². The fourth-order valence-electron chi connectivity index (χ4n) is 4.50. The molecule has 14 nitrogen and oxygen atoms in total. The third-order valence-electron chi connectivity index (χ3n) is 6.70. The van der Waals surface area contributed by atoms with Gasteiger partial charge in [0.1, 0.15) is 30.4 Å². The number of carbonyl (C=O) groups excluding carboxylic acids is 2. The Morgan fingerprint density at radius 3 is 2.52 bits per heavy atom. The Labute approximate surface area is 228 Å². The molecule has 0 aliphatic carbocycles. The SMILES string of the molecule is C=C[C@H]1[C@H](O[C@@H]2O[C@H](CO)[C@@H](O)[C@H](O)[C@H]2O)OC=C(C(N)=O)[C@H]1/C=C/c1ccc[n+]([C@@H](CCC(=O)O)C(=O)[O-])c1. The number of carboxylic acid groups (broad SMARTS) is 2. The summed E-state index contributed by atoms with van der Waals surface area (Å²) >= 11 is 0. The van der Waals surface area contributed by atoms with Crippen molar-refractivity contribution in [1.82, 2.24) is 0 Å². The molecule has 1 aromatic heterocycles. The van der Waals surface area contributed by atoms with Crippen molar-refractivity contribution in [3.05, 3.63) is 60.7 Å². The second kappa shape index (κ2) is 13.6. The average Bonchev–Trinajstić information content (AvgIpc) is 2.91. The van der Waals surface area contributed by atoms with Crippen molar-refractivity contribution in [2.24, 2.45) is 17.6 Å². The number of carboxylic acids is 2. The van der Waals surface area contributed by atoms with Gasteiger partial charge >= 0.3 is 5.97 Å². The minimum absolute atomic E-state index is 0.0488. The quantitative estimate of drug-likeness (QED) is 0.111. The van der Waals surface area contributed by atoms with Crippen LogP contribution in [0.2, 0.25) is 0 Å². The van der Waals surface area contributed by atoms with E-state index in [4.69, 9.17) is 25.1 Å². The molecule has 7 N–H and O–H groups in total. The van der Waals surface area contributed by atoms with Gasteiger partial charge in [-0.1, -0.05) is 18.2 Å². The number of allylic oxidation sites excluding steroid dienone is 1. The Morgan fingerprint density at radius 2 is 1.93 bits per heavy atom. The number of nitrogens with zero attached hydrogens (tertiary/aromatic N) is 1. The van der Waals surface area contributed by atoms with Crippen molar-refractivity contribution in [2.75, 3.05) is 6.61 Å². The maximum Gasteiger partial charge on any atom is 0.303 e. The lowest BCUT2D eigenvalue weighted by Gasteiger charge is -2.42. The summed E-state index contributed by atoms with van der Waals surface area (Å²) in [6.45, 7) is 3.10. The highest BCUT2D eigenvalue weighted by Gasteiger charge is 2.47. The maximum absolute atomic E-state index is 12.2. The van der Waals surface area contributed by atoms with Crippen LogP contribution < -0.4 is 15.4 Å². The van der Waals surface area contributed by atoms with Gasteiger partial charge in [-0.05, 0) is 6.07 Å². The van der Waals surface area contributed by atoms with Crippen molar-refractivity contribution >= 4 is 23.9 Å². The van der Waals surface area contributed by atoms with E-state index < -0.39 is 79.3 Å². The number of aliphatic hydroxyl groups is 4. The summed E-state index contributed by atoms with van der Waals surface area (Å²) in [7, 11) is 0. The number of ether oxygens (including phenoxy) is 3. The highest BCUT2D eigenvalue weighted by molar-refractivity contribution is 5.93. The first-order chi connectivity index (χ1) is 19.0. The lowest BCUT2D eigenvalue weighted by molar-refractivity contribution is -0.716. The molecule has 2 aliphatic rings. The molecule has 1 aromatic rings. The number of aromatic nitrogens is 1. The van der Waals surface area contributed by atoms with Gasteiger partial charge in [0.2, 0.25) is 12.2 Å². The van der Waals surface area contributed by atoms with E-state index in [0.717, 1.165) is 6.26 Å². The number of primary amides is 1. The molecule has 0 unspecified atom stereocenters. The summed E-state index contributed by atoms with van der Waals surface area (Å²) < 4.78 is 18.0. The number of aliphatic carboxylic acids is 2. The van der Waals surface area contributed by atoms with Gasteiger partial charge in [0.15, 0.2) is 24.7 Å². The number of hydrogen-bond acceptors (Lipinski definition) is 11. The summed E-state index contributed by atoms with van der Waals surface area (Å²) in [6.07, 6.45) is -0.897. The predicted molar refractivity (Wildman–Crippen MR) is 131 cm³/mol. The van der Waals surface area contributed by atoms with Crippen LogP contribution in [0.5, 0.6) is 0 Å². The van der Waals surface area contributed by atoms with Crippen molar-refractivity contribution in [3.8, 4) is 0 Å². The molecule has 40 heavy (non-hydrogen) atoms. The van der Waals surface area contributed by atoms with E-state index in [9.17, 15) is 39.9 Å². The Balaban J connectivity index is 1.86. The molecule has 3 heterocycles. The van der Waals surface area contributed by atoms with Crippen LogP contribution in [0.4, 0.5) is 0 Å². The van der Waals surface area contributed by atoms with Crippen LogP contribution in [-0.4, -0.2) is 87.0 Å². The molecule has 0 radical (unpaired) electrons. The van der Waals surface area contributed by atoms with Crippen LogP contribution in [0, 0.1) is 11.8 Å². The summed E-state index contributed by atoms with van der Waals surface area (Å²) in [4.78, 5) is 34.7. The van der Waals surface area contributed by atoms with E-state index in [1.54, 1.807) is 24.3 Å². The molecular formula is C26H32N2O12. The molecule has 0 bridgehead atoms. The lowest BCUT2D eigenvalue weighted by Crippen LogP contribution is -2.60. The zero-order chi connectivity index (χ0) is 29.6. The molecule has 0 spiro atoms. The van der Waals surface area contributed by atoms with Gasteiger partial charge in [-0.2, -0.15) is 4.57 Å². The number of amides is 1. The number of rotatable bonds is 12. The number of nitrogens with two attached hydrogens (primary N) is 1. The monoisotopic (exact) mass is 564 g/mol. The fourth-order valence-corrected chi connectivity index (χ4v) is 4.50. The normalized spacial score (nSPS) is 31.1. The Bertz CT molecular complexity index is 1150. The van der Waals surface area contributed by atoms with E-state index in [-0.39, 0.29) is 18.4 Å². The number of aliphatic hydroxyl groups excluding tert-OH is 4. The number of hydrogen-bond donors (Lipinski definition) is 6. The van der Waals surface area contributed by atoms with Gasteiger partial charge in [-0.3, -0.25) is 9.59 Å². The van der Waals surface area contributed by atoms with Gasteiger partial charge in [0, 0.05) is 29.9 Å². The second-order valence-electron chi connectivity index (χ2n) is 9.32. The van der Waals surface area contributed by atoms with E-state index in [2.05, 4.69) is 6.58 Å². The maximum atomic E-state index is 12.2. The standard InChI is InChI=1S/C26H32N2O12/c1-2-14-15(6-5-13-4-3-9-28(10-13)17(24(36)37)7-8-19(30)31)16(23(27)35)12-38-25(14)40-26-22(34)21(33)20(32)18(11-29)39-26/h2-6,9-10,12,14-15,17-18,20-22,25-26,29,32-34H,1,7-8,11H2,(H3-,27,30,31,35,36,37)/b6-5+/t14-,15+,17+,18-,20-,21+,22-,25+,26+/m1/s1. The van der Waals surface area contributed by atoms with Crippen LogP contribution >= 0.6 is 0 Å². The highest BCUT2D eigenvalue weighted by Crippen LogP contribution is 2.35. The molecule has 1 saturated heterocycles. The van der Waals surface area contributed by atoms with Gasteiger partial charge in [0.25, 0.3) is 0 Å². The third-order valence-corrected chi connectivity index (χ3v) is 6.70. The van der Waals surface area contributed by atoms with Gasteiger partial charge in [0.05, 0.1) is 24.9 Å². The average molecular weight is 565 g/mol. The first kappa shape index (κ1) is 30.9. The largest absolute Gasteiger partial charge is 0.543 e. The highest BCUT2D eigenvalue weighted by atomic mass is 16.8. The van der Waals surface area contributed by atoms with Crippen molar-refractivity contribution in [1.29, 1.82) is 0 Å². The van der Waals surface area contributed by atoms with Gasteiger partial charge < -0.3 is 55.4 Å². The van der Waals surface area contributed by atoms with Crippen LogP contribution in [0.15, 0.2) is 55.1 Å². The van der Waals surface area contributed by atoms with Gasteiger partial charge in [-0.15, -0.1) is 6.58 Å². The first-order valence-electron chi connectivity index (χ1n) is 12.3. The molecular weight excluding hydrogens is 532 g/mol. The Kier molecular flexibility index (Phi) is 10.5. The lowest BCUT2D eigenvalue weighted by atomic mass is 9.83. The van der Waals surface area contributed by atoms with Crippen molar-refractivity contribution < 1.29 is 63.8 Å². The molecule has 9 atom stereocenters. The Morgan fingerprint density at radius 1 is 1.20 bits per heavy atom.